The lowest BCUT2D eigenvalue weighted by Gasteiger charge is -2.00. The van der Waals surface area contributed by atoms with Gasteiger partial charge >= 0.3 is 0 Å². The Kier molecular flexibility index (Phi) is 2.07. The van der Waals surface area contributed by atoms with E-state index in [1.54, 1.807) is 11.3 Å². The van der Waals surface area contributed by atoms with Crippen molar-refractivity contribution in [2.24, 2.45) is 0 Å². The number of benzene rings is 1. The zero-order valence-electron chi connectivity index (χ0n) is 8.55. The topological polar surface area (TPSA) is 40.0 Å². The fourth-order valence-corrected chi connectivity index (χ4v) is 5.07. The predicted molar refractivity (Wildman–Crippen MR) is 69.5 cm³/mol. The van der Waals surface area contributed by atoms with Crippen molar-refractivity contribution in [3.05, 3.63) is 35.3 Å². The second-order valence-electron chi connectivity index (χ2n) is 3.71. The van der Waals surface area contributed by atoms with E-state index in [0.29, 0.717) is 0 Å². The third-order valence-corrected chi connectivity index (χ3v) is 5.90. The number of halogens is 1. The minimum Gasteiger partial charge on any atom is -0.273 e. The molecular formula is C10H8ClN4S2+. The van der Waals surface area contributed by atoms with Gasteiger partial charge in [0.2, 0.25) is 15.2 Å². The summed E-state index contributed by atoms with van der Waals surface area (Å²) in [6.45, 7) is 0. The number of anilines is 1. The first-order chi connectivity index (χ1) is 8.34. The smallest absolute Gasteiger partial charge is 0.269 e. The van der Waals surface area contributed by atoms with E-state index >= 15 is 0 Å². The summed E-state index contributed by atoms with van der Waals surface area (Å²) in [6.07, 6.45) is 1.83. The minimum absolute atomic E-state index is 0.151. The van der Waals surface area contributed by atoms with E-state index in [1.807, 2.05) is 17.6 Å². The monoisotopic (exact) mass is 283 g/mol. The lowest BCUT2D eigenvalue weighted by molar-refractivity contribution is -0.470. The van der Waals surface area contributed by atoms with Crippen LogP contribution in [0.3, 0.4) is 0 Å². The third kappa shape index (κ3) is 1.32. The molecule has 0 aliphatic carbocycles. The van der Waals surface area contributed by atoms with E-state index in [4.69, 9.17) is 11.6 Å². The van der Waals surface area contributed by atoms with Crippen LogP contribution in [0, 0.1) is 0 Å². The number of nitrogens with one attached hydrogen (secondary N) is 2. The molecule has 0 amide bonds. The van der Waals surface area contributed by atoms with Crippen molar-refractivity contribution >= 4 is 45.2 Å². The molecule has 17 heavy (non-hydrogen) atoms. The Balaban J connectivity index is 1.97. The van der Waals surface area contributed by atoms with Crippen LogP contribution in [0.1, 0.15) is 11.1 Å². The van der Waals surface area contributed by atoms with Gasteiger partial charge in [-0.25, -0.2) is 4.98 Å². The Morgan fingerprint density at radius 3 is 3.24 bits per heavy atom. The Bertz CT molecular complexity index is 638. The molecule has 7 heteroatoms. The number of hydrogen-bond donors (Lipinski definition) is 2. The van der Waals surface area contributed by atoms with Gasteiger partial charge < -0.3 is 0 Å². The van der Waals surface area contributed by atoms with E-state index < -0.39 is 0 Å². The average molecular weight is 284 g/mol. The molecule has 2 N–H and O–H groups in total. The summed E-state index contributed by atoms with van der Waals surface area (Å²) in [5, 5.41) is 1.99. The van der Waals surface area contributed by atoms with Gasteiger partial charge in [-0.15, -0.1) is 11.3 Å². The second kappa shape index (κ2) is 3.52. The largest absolute Gasteiger partial charge is 0.273 e. The maximum Gasteiger partial charge on any atom is 0.269 e. The van der Waals surface area contributed by atoms with Crippen molar-refractivity contribution in [1.82, 2.24) is 10.4 Å². The second-order valence-corrected chi connectivity index (χ2v) is 6.83. The minimum atomic E-state index is -0.267. The summed E-state index contributed by atoms with van der Waals surface area (Å²) < 4.78 is 6.64. The summed E-state index contributed by atoms with van der Waals surface area (Å²) in [7, 11) is -0.267. The van der Waals surface area contributed by atoms with Crippen LogP contribution >= 0.6 is 22.9 Å². The molecule has 0 bridgehead atoms. The number of hydrazine groups is 1. The van der Waals surface area contributed by atoms with E-state index in [2.05, 4.69) is 31.3 Å². The number of rotatable bonds is 1. The highest BCUT2D eigenvalue weighted by atomic mass is 35.5. The maximum absolute atomic E-state index is 6.28. The van der Waals surface area contributed by atoms with Gasteiger partial charge in [-0.1, -0.05) is 23.1 Å². The molecule has 0 spiro atoms. The summed E-state index contributed by atoms with van der Waals surface area (Å²) in [6, 6.07) is 6.15. The van der Waals surface area contributed by atoms with Crippen LogP contribution in [-0.2, 0) is 10.9 Å². The molecule has 3 heterocycles. The van der Waals surface area contributed by atoms with E-state index in [9.17, 15) is 0 Å². The highest BCUT2D eigenvalue weighted by Gasteiger charge is 2.43. The number of para-hydroxylation sites is 1. The molecule has 2 aromatic rings. The quantitative estimate of drug-likeness (QED) is 0.480. The van der Waals surface area contributed by atoms with Crippen LogP contribution in [0.2, 0.25) is 0 Å². The number of alkyl halides is 1. The predicted octanol–water partition coefficient (Wildman–Crippen LogP) is 2.74. The summed E-state index contributed by atoms with van der Waals surface area (Å²) in [4.78, 5) is 4.37. The van der Waals surface area contributed by atoms with Crippen LogP contribution in [0.15, 0.2) is 34.1 Å². The van der Waals surface area contributed by atoms with Crippen LogP contribution in [0.5, 0.6) is 0 Å². The highest BCUT2D eigenvalue weighted by Crippen LogP contribution is 2.44. The molecule has 1 aromatic carbocycles. The van der Waals surface area contributed by atoms with Crippen LogP contribution in [0.25, 0.3) is 0 Å². The van der Waals surface area contributed by atoms with Crippen molar-refractivity contribution in [2.45, 2.75) is 9.84 Å². The summed E-state index contributed by atoms with van der Waals surface area (Å²) in [5.74, 6) is 0. The maximum atomic E-state index is 6.28. The molecule has 4 rings (SSSR count). The number of aromatic nitrogens is 1. The van der Waals surface area contributed by atoms with Crippen molar-refractivity contribution in [2.75, 3.05) is 4.72 Å². The molecule has 0 fully saturated rings. The Hall–Kier alpha value is -0.950. The van der Waals surface area contributed by atoms with E-state index in [0.717, 1.165) is 21.3 Å². The fraction of sp³-hybridized carbons (Fsp3) is 0.100. The first kappa shape index (κ1) is 10.0. The van der Waals surface area contributed by atoms with Crippen molar-refractivity contribution in [3.63, 3.8) is 0 Å². The molecule has 2 unspecified atom stereocenters. The lowest BCUT2D eigenvalue weighted by atomic mass is 10.2. The van der Waals surface area contributed by atoms with Gasteiger partial charge in [0.05, 0.1) is 5.56 Å². The Morgan fingerprint density at radius 2 is 2.41 bits per heavy atom. The van der Waals surface area contributed by atoms with Gasteiger partial charge in [0.15, 0.2) is 5.50 Å². The Labute approximate surface area is 109 Å². The number of hydrogen-bond acceptors (Lipinski definition) is 4. The summed E-state index contributed by atoms with van der Waals surface area (Å²) in [5.41, 5.74) is 6.53. The van der Waals surface area contributed by atoms with E-state index in [1.165, 1.54) is 0 Å². The first-order valence-electron chi connectivity index (χ1n) is 5.08. The number of nitrogens with zero attached hydrogens (tertiary/aromatic N) is 2. The van der Waals surface area contributed by atoms with Gasteiger partial charge in [-0.05, 0) is 16.2 Å². The third-order valence-electron chi connectivity index (χ3n) is 2.74. The molecule has 2 atom stereocenters. The summed E-state index contributed by atoms with van der Waals surface area (Å²) >= 11 is 7.93. The molecule has 2 aliphatic heterocycles. The number of thiazole rings is 1. The standard InChI is InChI=1S/C10H7ClN4S2/c11-9-6-2-1-3-7-8(6)15(13-9)17(14-7)10-12-4-5-16-10/h1-5,9,13H/p+1. The van der Waals surface area contributed by atoms with Crippen molar-refractivity contribution in [1.29, 1.82) is 0 Å². The van der Waals surface area contributed by atoms with Crippen LogP contribution in [-0.4, -0.2) is 9.04 Å². The van der Waals surface area contributed by atoms with Gasteiger partial charge in [-0.3, -0.25) is 4.72 Å². The zero-order valence-corrected chi connectivity index (χ0v) is 10.9. The molecule has 0 saturated carbocycles. The molecule has 86 valence electrons. The van der Waals surface area contributed by atoms with E-state index in [-0.39, 0.29) is 16.4 Å². The molecule has 1 aromatic heterocycles. The lowest BCUT2D eigenvalue weighted by Crippen LogP contribution is -2.22. The Morgan fingerprint density at radius 1 is 1.47 bits per heavy atom. The zero-order chi connectivity index (χ0) is 11.4. The SMILES string of the molecule is ClC1N[N+]2=S(c3nccs3)Nc3cccc1c32. The fourth-order valence-electron chi connectivity index (χ4n) is 2.03. The first-order valence-corrected chi connectivity index (χ1v) is 7.58. The van der Waals surface area contributed by atoms with Gasteiger partial charge in [-0.2, -0.15) is 0 Å². The molecule has 2 aliphatic rings. The highest BCUT2D eigenvalue weighted by molar-refractivity contribution is 7.88. The van der Waals surface area contributed by atoms with Gasteiger partial charge in [0, 0.05) is 11.6 Å². The molecule has 0 saturated heterocycles. The van der Waals surface area contributed by atoms with Crippen molar-refractivity contribution in [3.8, 4) is 0 Å². The van der Waals surface area contributed by atoms with Crippen LogP contribution in [0.4, 0.5) is 11.4 Å². The van der Waals surface area contributed by atoms with Crippen LogP contribution < -0.4 is 10.1 Å². The van der Waals surface area contributed by atoms with Crippen molar-refractivity contribution < 1.29 is 4.05 Å². The molecular weight excluding hydrogens is 276 g/mol. The van der Waals surface area contributed by atoms with Gasteiger partial charge in [0.25, 0.3) is 5.69 Å². The van der Waals surface area contributed by atoms with Gasteiger partial charge in [0.1, 0.15) is 5.69 Å². The molecule has 0 radical (unpaired) electrons. The normalized spacial score (nSPS) is 24.9. The average Bonchev–Trinajstić information content (AvgIpc) is 3.01. The molecule has 4 nitrogen and oxygen atoms in total.